The van der Waals surface area contributed by atoms with Gasteiger partial charge in [-0.2, -0.15) is 0 Å². The zero-order valence-corrected chi connectivity index (χ0v) is 13.1. The number of ether oxygens (including phenoxy) is 2. The molecular weight excluding hydrogens is 264 g/mol. The zero-order chi connectivity index (χ0) is 15.5. The summed E-state index contributed by atoms with van der Waals surface area (Å²) in [5.74, 6) is 0.497. The van der Waals surface area contributed by atoms with Crippen LogP contribution in [0.1, 0.15) is 50.2 Å². The third kappa shape index (κ3) is 3.66. The first-order valence-electron chi connectivity index (χ1n) is 7.44. The van der Waals surface area contributed by atoms with E-state index in [2.05, 4.69) is 20.4 Å². The van der Waals surface area contributed by atoms with E-state index >= 15 is 0 Å². The number of carbonyl (C=O) groups excluding carboxylic acids is 1. The molecule has 114 valence electrons. The Morgan fingerprint density at radius 2 is 2.24 bits per heavy atom. The van der Waals surface area contributed by atoms with Gasteiger partial charge in [0.15, 0.2) is 0 Å². The molecule has 0 aromatic heterocycles. The molecule has 0 amide bonds. The molecule has 1 aromatic rings. The summed E-state index contributed by atoms with van der Waals surface area (Å²) in [6.07, 6.45) is 4.76. The molecule has 1 aromatic carbocycles. The summed E-state index contributed by atoms with van der Waals surface area (Å²) in [5.41, 5.74) is 2.25. The fraction of sp³-hybridized carbons (Fsp3) is 0.500. The Hall–Kier alpha value is -1.77. The van der Waals surface area contributed by atoms with E-state index in [0.29, 0.717) is 6.61 Å². The lowest BCUT2D eigenvalue weighted by Gasteiger charge is -2.26. The molecule has 0 radical (unpaired) electrons. The Labute approximate surface area is 127 Å². The van der Waals surface area contributed by atoms with Crippen molar-refractivity contribution in [2.24, 2.45) is 5.41 Å². The molecule has 1 heterocycles. The Balaban J connectivity index is 2.12. The summed E-state index contributed by atoms with van der Waals surface area (Å²) in [6, 6.07) is 5.87. The highest BCUT2D eigenvalue weighted by molar-refractivity contribution is 5.80. The quantitative estimate of drug-likeness (QED) is 0.581. The Kier molecular flexibility index (Phi) is 4.71. The van der Waals surface area contributed by atoms with Crippen LogP contribution in [0.3, 0.4) is 0 Å². The number of cyclic esters (lactones) is 1. The highest BCUT2D eigenvalue weighted by atomic mass is 16.5. The van der Waals surface area contributed by atoms with Crippen molar-refractivity contribution in [1.29, 1.82) is 0 Å². The lowest BCUT2D eigenvalue weighted by Crippen LogP contribution is -2.23. The van der Waals surface area contributed by atoms with E-state index in [1.165, 1.54) is 0 Å². The molecule has 0 N–H and O–H groups in total. The average molecular weight is 288 g/mol. The second-order valence-corrected chi connectivity index (χ2v) is 6.31. The smallest absolute Gasteiger partial charge is 0.313 e. The van der Waals surface area contributed by atoms with Gasteiger partial charge in [-0.1, -0.05) is 32.4 Å². The van der Waals surface area contributed by atoms with Crippen LogP contribution in [-0.2, 0) is 16.1 Å². The van der Waals surface area contributed by atoms with E-state index in [9.17, 15) is 4.79 Å². The first-order valence-corrected chi connectivity index (χ1v) is 7.44. The monoisotopic (exact) mass is 288 g/mol. The van der Waals surface area contributed by atoms with Crippen molar-refractivity contribution >= 4 is 5.97 Å². The largest absolute Gasteiger partial charge is 0.497 e. The lowest BCUT2D eigenvalue weighted by atomic mass is 9.83. The number of fused-ring (bicyclic) bond motifs is 1. The molecule has 0 saturated heterocycles. The fourth-order valence-corrected chi connectivity index (χ4v) is 2.67. The molecule has 0 bridgehead atoms. The second-order valence-electron chi connectivity index (χ2n) is 6.31. The number of methoxy groups -OCH3 is 1. The van der Waals surface area contributed by atoms with E-state index in [-0.39, 0.29) is 17.3 Å². The molecule has 1 unspecified atom stereocenters. The SMILES string of the molecule is C=CC(C)(C)CCCC1C(=O)OCc2ccc(OC)cc21. The van der Waals surface area contributed by atoms with Gasteiger partial charge in [0.1, 0.15) is 12.4 Å². The molecule has 1 aliphatic rings. The van der Waals surface area contributed by atoms with Crippen LogP contribution in [0.15, 0.2) is 30.9 Å². The minimum absolute atomic E-state index is 0.107. The highest BCUT2D eigenvalue weighted by Gasteiger charge is 2.29. The van der Waals surface area contributed by atoms with Gasteiger partial charge in [0.25, 0.3) is 0 Å². The van der Waals surface area contributed by atoms with E-state index < -0.39 is 0 Å². The third-order valence-electron chi connectivity index (χ3n) is 4.25. The number of benzene rings is 1. The summed E-state index contributed by atoms with van der Waals surface area (Å²) < 4.78 is 10.6. The van der Waals surface area contributed by atoms with Crippen molar-refractivity contribution in [3.05, 3.63) is 42.0 Å². The second kappa shape index (κ2) is 6.33. The third-order valence-corrected chi connectivity index (χ3v) is 4.25. The minimum Gasteiger partial charge on any atom is -0.497 e. The van der Waals surface area contributed by atoms with Gasteiger partial charge < -0.3 is 9.47 Å². The summed E-state index contributed by atoms with van der Waals surface area (Å²) in [7, 11) is 1.64. The molecule has 3 heteroatoms. The molecule has 1 aliphatic heterocycles. The van der Waals surface area contributed by atoms with E-state index in [4.69, 9.17) is 9.47 Å². The molecule has 21 heavy (non-hydrogen) atoms. The van der Waals surface area contributed by atoms with Crippen molar-refractivity contribution in [3.8, 4) is 5.75 Å². The van der Waals surface area contributed by atoms with Crippen molar-refractivity contribution in [1.82, 2.24) is 0 Å². The van der Waals surface area contributed by atoms with Crippen molar-refractivity contribution in [2.75, 3.05) is 7.11 Å². The van der Waals surface area contributed by atoms with Crippen LogP contribution >= 0.6 is 0 Å². The van der Waals surface area contributed by atoms with Crippen LogP contribution < -0.4 is 4.74 Å². The van der Waals surface area contributed by atoms with Gasteiger partial charge >= 0.3 is 5.97 Å². The number of hydrogen-bond donors (Lipinski definition) is 0. The summed E-state index contributed by atoms with van der Waals surface area (Å²) >= 11 is 0. The van der Waals surface area contributed by atoms with Gasteiger partial charge in [-0.15, -0.1) is 6.58 Å². The topological polar surface area (TPSA) is 35.5 Å². The standard InChI is InChI=1S/C18H24O3/c1-5-18(2,3)10-6-7-15-16-11-14(20-4)9-8-13(16)12-21-17(15)19/h5,8-9,11,15H,1,6-7,10,12H2,2-4H3. The number of carbonyl (C=O) groups is 1. The van der Waals surface area contributed by atoms with Crippen LogP contribution in [-0.4, -0.2) is 13.1 Å². The van der Waals surface area contributed by atoms with Crippen molar-refractivity contribution in [3.63, 3.8) is 0 Å². The molecule has 0 spiro atoms. The molecule has 1 atom stereocenters. The molecular formula is C18H24O3. The predicted octanol–water partition coefficient (Wildman–Crippen LogP) is 4.22. The van der Waals surface area contributed by atoms with Gasteiger partial charge in [0, 0.05) is 0 Å². The maximum absolute atomic E-state index is 12.1. The first-order chi connectivity index (χ1) is 9.96. The van der Waals surface area contributed by atoms with Gasteiger partial charge in [0.2, 0.25) is 0 Å². The maximum atomic E-state index is 12.1. The zero-order valence-electron chi connectivity index (χ0n) is 13.1. The molecule has 2 rings (SSSR count). The number of esters is 1. The minimum atomic E-state index is -0.176. The van der Waals surface area contributed by atoms with Gasteiger partial charge in [-0.05, 0) is 41.5 Å². The van der Waals surface area contributed by atoms with Gasteiger partial charge in [-0.25, -0.2) is 0 Å². The van der Waals surface area contributed by atoms with Crippen LogP contribution in [0.2, 0.25) is 0 Å². The average Bonchev–Trinajstić information content (AvgIpc) is 2.49. The van der Waals surface area contributed by atoms with E-state index in [1.54, 1.807) is 7.11 Å². The Morgan fingerprint density at radius 1 is 1.48 bits per heavy atom. The fourth-order valence-electron chi connectivity index (χ4n) is 2.67. The Bertz CT molecular complexity index is 531. The van der Waals surface area contributed by atoms with Crippen LogP contribution in [0, 0.1) is 5.41 Å². The summed E-state index contributed by atoms with van der Waals surface area (Å²) in [6.45, 7) is 8.56. The van der Waals surface area contributed by atoms with Gasteiger partial charge in [0.05, 0.1) is 13.0 Å². The summed E-state index contributed by atoms with van der Waals surface area (Å²) in [4.78, 5) is 12.1. The predicted molar refractivity (Wildman–Crippen MR) is 83.4 cm³/mol. The van der Waals surface area contributed by atoms with E-state index in [0.717, 1.165) is 36.1 Å². The molecule has 3 nitrogen and oxygen atoms in total. The summed E-state index contributed by atoms with van der Waals surface area (Å²) in [5, 5.41) is 0. The maximum Gasteiger partial charge on any atom is 0.313 e. The van der Waals surface area contributed by atoms with E-state index in [1.807, 2.05) is 24.3 Å². The van der Waals surface area contributed by atoms with Crippen LogP contribution in [0.5, 0.6) is 5.75 Å². The normalized spacial score (nSPS) is 17.9. The lowest BCUT2D eigenvalue weighted by molar-refractivity contribution is -0.148. The molecule has 0 saturated carbocycles. The Morgan fingerprint density at radius 3 is 2.90 bits per heavy atom. The number of hydrogen-bond acceptors (Lipinski definition) is 3. The van der Waals surface area contributed by atoms with Crippen LogP contribution in [0.4, 0.5) is 0 Å². The number of rotatable bonds is 6. The first kappa shape index (κ1) is 15.6. The number of allylic oxidation sites excluding steroid dienone is 1. The van der Waals surface area contributed by atoms with Crippen LogP contribution in [0.25, 0.3) is 0 Å². The van der Waals surface area contributed by atoms with Crippen molar-refractivity contribution in [2.45, 2.75) is 45.6 Å². The highest BCUT2D eigenvalue weighted by Crippen LogP contribution is 2.35. The molecule has 0 fully saturated rings. The van der Waals surface area contributed by atoms with Crippen molar-refractivity contribution < 1.29 is 14.3 Å². The van der Waals surface area contributed by atoms with Gasteiger partial charge in [-0.3, -0.25) is 4.79 Å². The molecule has 0 aliphatic carbocycles.